The van der Waals surface area contributed by atoms with Crippen molar-refractivity contribution in [3.05, 3.63) is 125 Å². The molecule has 4 aromatic rings. The van der Waals surface area contributed by atoms with E-state index in [1.165, 1.54) is 30.7 Å². The maximum Gasteiger partial charge on any atom is 0.416 e. The van der Waals surface area contributed by atoms with Gasteiger partial charge in [-0.15, -0.1) is 0 Å². The Morgan fingerprint density at radius 1 is 0.917 bits per heavy atom. The lowest BCUT2D eigenvalue weighted by atomic mass is 9.79. The molecule has 0 radical (unpaired) electrons. The van der Waals surface area contributed by atoms with Crippen molar-refractivity contribution in [2.75, 3.05) is 5.32 Å². The molecule has 2 aromatic heterocycles. The van der Waals surface area contributed by atoms with Gasteiger partial charge in [-0.3, -0.25) is 9.97 Å². The average molecular weight is 515 g/mol. The van der Waals surface area contributed by atoms with Gasteiger partial charge in [-0.05, 0) is 53.6 Å². The summed E-state index contributed by atoms with van der Waals surface area (Å²) in [7, 11) is 0. The molecule has 10 heteroatoms. The molecule has 36 heavy (non-hydrogen) atoms. The quantitative estimate of drug-likeness (QED) is 0.285. The summed E-state index contributed by atoms with van der Waals surface area (Å²) in [4.78, 5) is 21.4. The first-order valence-electron chi connectivity index (χ1n) is 10.7. The molecule has 184 valence electrons. The maximum absolute atomic E-state index is 14.6. The van der Waals surface area contributed by atoms with Crippen molar-refractivity contribution in [1.82, 2.24) is 15.3 Å². The van der Waals surface area contributed by atoms with Crippen LogP contribution in [0.15, 0.2) is 91.4 Å². The minimum atomic E-state index is -4.82. The second-order valence-electron chi connectivity index (χ2n) is 7.97. The number of benzene rings is 2. The Hall–Kier alpha value is -3.98. The lowest BCUT2D eigenvalue weighted by Crippen LogP contribution is -2.50. The fourth-order valence-electron chi connectivity index (χ4n) is 3.84. The van der Waals surface area contributed by atoms with E-state index in [2.05, 4.69) is 20.6 Å². The number of aromatic nitrogens is 2. The summed E-state index contributed by atoms with van der Waals surface area (Å²) in [6.45, 7) is 0. The molecule has 2 heterocycles. The third kappa shape index (κ3) is 5.80. The number of nitrogens with zero attached hydrogens (tertiary/aromatic N) is 2. The Morgan fingerprint density at radius 2 is 1.61 bits per heavy atom. The largest absolute Gasteiger partial charge is 0.416 e. The second kappa shape index (κ2) is 10.3. The molecule has 0 bridgehead atoms. The number of nitrogens with one attached hydrogen (secondary N) is 2. The number of carbonyl (C=O) groups is 1. The van der Waals surface area contributed by atoms with Crippen LogP contribution in [0.25, 0.3) is 0 Å². The van der Waals surface area contributed by atoms with Gasteiger partial charge in [0.2, 0.25) is 0 Å². The molecule has 0 spiro atoms. The Kier molecular flexibility index (Phi) is 7.21. The molecule has 0 unspecified atom stereocenters. The van der Waals surface area contributed by atoms with Crippen molar-refractivity contribution in [2.24, 2.45) is 0 Å². The highest BCUT2D eigenvalue weighted by Crippen LogP contribution is 2.38. The van der Waals surface area contributed by atoms with Crippen LogP contribution >= 0.6 is 11.6 Å². The number of urea groups is 1. The van der Waals surface area contributed by atoms with Gasteiger partial charge in [-0.1, -0.05) is 41.9 Å². The Bertz CT molecular complexity index is 1340. The molecule has 4 rings (SSSR count). The van der Waals surface area contributed by atoms with E-state index in [9.17, 15) is 22.4 Å². The van der Waals surface area contributed by atoms with Gasteiger partial charge in [-0.25, -0.2) is 9.18 Å². The molecule has 0 aliphatic rings. The first-order valence-corrected chi connectivity index (χ1v) is 11.1. The number of amides is 2. The van der Waals surface area contributed by atoms with E-state index in [-0.39, 0.29) is 22.7 Å². The van der Waals surface area contributed by atoms with Gasteiger partial charge in [0.25, 0.3) is 0 Å². The van der Waals surface area contributed by atoms with E-state index in [1.807, 2.05) is 0 Å². The number of pyridine rings is 2. The highest BCUT2D eigenvalue weighted by atomic mass is 35.5. The zero-order valence-corrected chi connectivity index (χ0v) is 19.3. The van der Waals surface area contributed by atoms with Crippen LogP contribution in [0.5, 0.6) is 0 Å². The topological polar surface area (TPSA) is 66.9 Å². The summed E-state index contributed by atoms with van der Waals surface area (Å²) in [5.74, 6) is -1.11. The molecule has 0 fully saturated rings. The maximum atomic E-state index is 14.6. The molecule has 0 aliphatic heterocycles. The number of hydrogen-bond acceptors (Lipinski definition) is 3. The van der Waals surface area contributed by atoms with Crippen LogP contribution in [0.4, 0.5) is 28.0 Å². The van der Waals surface area contributed by atoms with Crippen LogP contribution in [0, 0.1) is 5.82 Å². The van der Waals surface area contributed by atoms with E-state index in [1.54, 1.807) is 42.5 Å². The van der Waals surface area contributed by atoms with Gasteiger partial charge in [-0.2, -0.15) is 13.2 Å². The third-order valence-corrected chi connectivity index (χ3v) is 5.68. The molecule has 5 nitrogen and oxygen atoms in total. The van der Waals surface area contributed by atoms with Crippen molar-refractivity contribution < 1.29 is 22.4 Å². The number of anilines is 1. The third-order valence-electron chi connectivity index (χ3n) is 5.46. The summed E-state index contributed by atoms with van der Waals surface area (Å²) in [6, 6.07) is 16.3. The van der Waals surface area contributed by atoms with Crippen LogP contribution in [-0.4, -0.2) is 16.0 Å². The van der Waals surface area contributed by atoms with Crippen molar-refractivity contribution >= 4 is 23.3 Å². The van der Waals surface area contributed by atoms with Gasteiger partial charge < -0.3 is 10.6 Å². The lowest BCUT2D eigenvalue weighted by molar-refractivity contribution is -0.137. The molecule has 1 atom stereocenters. The number of hydrogen-bond donors (Lipinski definition) is 2. The molecular formula is C26H19ClF4N4O. The van der Waals surface area contributed by atoms with Gasteiger partial charge >= 0.3 is 12.2 Å². The fourth-order valence-corrected chi connectivity index (χ4v) is 3.95. The van der Waals surface area contributed by atoms with E-state index in [0.717, 1.165) is 12.1 Å². The molecule has 2 N–H and O–H groups in total. The first kappa shape index (κ1) is 25.1. The molecule has 2 amide bonds. The first-order chi connectivity index (χ1) is 17.2. The van der Waals surface area contributed by atoms with Gasteiger partial charge in [0.1, 0.15) is 11.4 Å². The molecule has 0 saturated carbocycles. The Labute approximate surface area is 209 Å². The zero-order valence-electron chi connectivity index (χ0n) is 18.6. The minimum Gasteiger partial charge on any atom is -0.322 e. The van der Waals surface area contributed by atoms with E-state index in [4.69, 9.17) is 11.6 Å². The van der Waals surface area contributed by atoms with Crippen LogP contribution in [-0.2, 0) is 18.1 Å². The summed E-state index contributed by atoms with van der Waals surface area (Å²) in [5, 5.41) is 5.69. The number of carbonyl (C=O) groups excluding carboxylic acids is 1. The summed E-state index contributed by atoms with van der Waals surface area (Å²) < 4.78 is 55.6. The van der Waals surface area contributed by atoms with Crippen molar-refractivity contribution in [2.45, 2.75) is 18.1 Å². The Balaban J connectivity index is 1.91. The smallest absolute Gasteiger partial charge is 0.322 e. The minimum absolute atomic E-state index is 0.0347. The van der Waals surface area contributed by atoms with Crippen molar-refractivity contribution in [1.29, 1.82) is 0 Å². The predicted octanol–water partition coefficient (Wildman–Crippen LogP) is 6.60. The zero-order chi connectivity index (χ0) is 25.8. The van der Waals surface area contributed by atoms with Gasteiger partial charge in [0, 0.05) is 30.7 Å². The molecule has 2 aromatic carbocycles. The van der Waals surface area contributed by atoms with E-state index in [0.29, 0.717) is 17.3 Å². The normalized spacial score (nSPS) is 13.0. The average Bonchev–Trinajstić information content (AvgIpc) is 2.84. The molecule has 0 saturated heterocycles. The summed E-state index contributed by atoms with van der Waals surface area (Å²) >= 11 is 6.01. The SMILES string of the molecule is O=C(Nc1ccncc1)N[C@](Cc1ccccc1)(c1cc(F)cc(C(F)(F)F)c1)c1ccc(Cl)cn1. The predicted molar refractivity (Wildman–Crippen MR) is 128 cm³/mol. The highest BCUT2D eigenvalue weighted by Gasteiger charge is 2.41. The molecule has 0 aliphatic carbocycles. The Morgan fingerprint density at radius 3 is 2.25 bits per heavy atom. The van der Waals surface area contributed by atoms with Crippen LogP contribution in [0.2, 0.25) is 5.02 Å². The fraction of sp³-hybridized carbons (Fsp3) is 0.115. The van der Waals surface area contributed by atoms with E-state index < -0.39 is 29.1 Å². The molecular weight excluding hydrogens is 496 g/mol. The van der Waals surface area contributed by atoms with Crippen LogP contribution < -0.4 is 10.6 Å². The standard InChI is InChI=1S/C26H19ClF4N4O/c27-20-6-7-23(33-16-20)25(15-17-4-2-1-3-5-17,35-24(36)34-22-8-10-32-11-9-22)18-12-19(26(29,30)31)14-21(28)13-18/h1-14,16H,15H2,(H2,32,34,35,36)/t25-/m1/s1. The summed E-state index contributed by atoms with van der Waals surface area (Å²) in [6.07, 6.45) is -0.608. The van der Waals surface area contributed by atoms with Crippen molar-refractivity contribution in [3.63, 3.8) is 0 Å². The van der Waals surface area contributed by atoms with Gasteiger partial charge in [0.05, 0.1) is 16.3 Å². The summed E-state index contributed by atoms with van der Waals surface area (Å²) in [5.41, 5.74) is -1.81. The van der Waals surface area contributed by atoms with Crippen LogP contribution in [0.1, 0.15) is 22.4 Å². The monoisotopic (exact) mass is 514 g/mol. The van der Waals surface area contributed by atoms with Crippen LogP contribution in [0.3, 0.4) is 0 Å². The number of alkyl halides is 3. The van der Waals surface area contributed by atoms with Crippen molar-refractivity contribution in [3.8, 4) is 0 Å². The van der Waals surface area contributed by atoms with E-state index >= 15 is 0 Å². The van der Waals surface area contributed by atoms with Gasteiger partial charge in [0.15, 0.2) is 0 Å². The lowest BCUT2D eigenvalue weighted by Gasteiger charge is -2.36. The second-order valence-corrected chi connectivity index (χ2v) is 8.41. The highest BCUT2D eigenvalue weighted by molar-refractivity contribution is 6.30. The number of rotatable bonds is 6. The number of halogens is 5.